The van der Waals surface area contributed by atoms with Crippen LogP contribution in [0.4, 0.5) is 13.2 Å². The van der Waals surface area contributed by atoms with Crippen LogP contribution in [-0.2, 0) is 41.0 Å². The van der Waals surface area contributed by atoms with Crippen molar-refractivity contribution < 1.29 is 77.3 Å². The van der Waals surface area contributed by atoms with Crippen LogP contribution in [0.2, 0.25) is 0 Å². The molecule has 1 aliphatic carbocycles. The van der Waals surface area contributed by atoms with Crippen molar-refractivity contribution in [2.24, 2.45) is 28.7 Å². The monoisotopic (exact) mass is 786 g/mol. The van der Waals surface area contributed by atoms with Crippen LogP contribution in [0, 0.1) is 0 Å². The first-order chi connectivity index (χ1) is 25.5. The summed E-state index contributed by atoms with van der Waals surface area (Å²) in [4.78, 5) is 0. The summed E-state index contributed by atoms with van der Waals surface area (Å²) in [6.07, 6.45) is -25.0. The average molecular weight is 787 g/mol. The van der Waals surface area contributed by atoms with Crippen LogP contribution < -0.4 is 34.0 Å². The van der Waals surface area contributed by atoms with Gasteiger partial charge in [0, 0.05) is 25.2 Å². The fourth-order valence-corrected chi connectivity index (χ4v) is 7.05. The van der Waals surface area contributed by atoms with Crippen molar-refractivity contribution >= 4 is 0 Å². The maximum atomic E-state index is 12.9. The minimum absolute atomic E-state index is 0.0280. The Kier molecular flexibility index (Phi) is 14.6. The molecule has 54 heavy (non-hydrogen) atoms. The molecule has 1 unspecified atom stereocenters. The molecule has 3 heterocycles. The molecule has 0 spiro atoms. The molecule has 1 aromatic rings. The lowest BCUT2D eigenvalue weighted by molar-refractivity contribution is -0.307. The van der Waals surface area contributed by atoms with Crippen LogP contribution in [0.3, 0.4) is 0 Å². The van der Waals surface area contributed by atoms with Gasteiger partial charge in [0.2, 0.25) is 0 Å². The first-order valence-corrected chi connectivity index (χ1v) is 17.7. The van der Waals surface area contributed by atoms with E-state index in [0.717, 1.165) is 12.1 Å². The molecule has 4 fully saturated rings. The number of aliphatic hydroxyl groups is 7. The van der Waals surface area contributed by atoms with Gasteiger partial charge in [-0.25, -0.2) is 0 Å². The molecular weight excluding hydrogens is 733 g/mol. The molecule has 22 heteroatoms. The average Bonchev–Trinajstić information content (AvgIpc) is 3.43. The molecule has 310 valence electrons. The molecular formula is C32H53F3N6O13. The molecule has 0 amide bonds. The van der Waals surface area contributed by atoms with E-state index >= 15 is 0 Å². The predicted molar refractivity (Wildman–Crippen MR) is 177 cm³/mol. The molecule has 5 rings (SSSR count). The number of ether oxygens (including phenoxy) is 6. The van der Waals surface area contributed by atoms with Crippen LogP contribution in [0.1, 0.15) is 17.5 Å². The second kappa shape index (κ2) is 18.2. The van der Waals surface area contributed by atoms with Crippen LogP contribution in [0.15, 0.2) is 24.3 Å². The first-order valence-electron chi connectivity index (χ1n) is 17.7. The number of hydrogen-bond donors (Lipinski definition) is 13. The Morgan fingerprint density at radius 1 is 0.667 bits per heavy atom. The summed E-state index contributed by atoms with van der Waals surface area (Å²) < 4.78 is 73.9. The Morgan fingerprint density at radius 2 is 1.20 bits per heavy atom. The van der Waals surface area contributed by atoms with Gasteiger partial charge in [-0.3, -0.25) is 0 Å². The minimum Gasteiger partial charge on any atom is -0.394 e. The summed E-state index contributed by atoms with van der Waals surface area (Å²) in [5.41, 5.74) is 30.3. The lowest BCUT2D eigenvalue weighted by atomic mass is 9.84. The van der Waals surface area contributed by atoms with Gasteiger partial charge in [-0.1, -0.05) is 12.1 Å². The zero-order valence-corrected chi connectivity index (χ0v) is 29.1. The van der Waals surface area contributed by atoms with Crippen molar-refractivity contribution in [3.05, 3.63) is 35.4 Å². The third-order valence-electron chi connectivity index (χ3n) is 10.4. The lowest BCUT2D eigenvalue weighted by Crippen LogP contribution is -2.68. The smallest absolute Gasteiger partial charge is 0.394 e. The summed E-state index contributed by atoms with van der Waals surface area (Å²) in [7, 11) is 0. The van der Waals surface area contributed by atoms with Gasteiger partial charge in [0.15, 0.2) is 18.9 Å². The molecule has 0 bridgehead atoms. The number of nitrogens with two attached hydrogens (primary N) is 5. The standard InChI is InChI=1S/C32H53F3N6O13/c33-32(34,35)12-3-1-11(2-4-12)5-6-41-9-16-22(45)24(47)19(40)30(50-16)52-26-14(38)7-13(37)20(43)28(26)54-31-25(48)27(17(10-42)51-31)53-29-18(39)23(46)21(44)15(8-36)49-29/h1-4,13-31,41-48H,5-10,36-40H2/t13-,14+,15?,16-,17-,18-,19-,20+,21-,22-,23-,24-,25-,26-,27-,28-,29-,30-,31+/m1/s1. The highest BCUT2D eigenvalue weighted by molar-refractivity contribution is 5.24. The van der Waals surface area contributed by atoms with Crippen molar-refractivity contribution in [1.82, 2.24) is 5.32 Å². The number of alkyl halides is 3. The summed E-state index contributed by atoms with van der Waals surface area (Å²) >= 11 is 0. The highest BCUT2D eigenvalue weighted by Crippen LogP contribution is 2.34. The fourth-order valence-electron chi connectivity index (χ4n) is 7.05. The molecule has 19 atom stereocenters. The lowest BCUT2D eigenvalue weighted by Gasteiger charge is -2.47. The summed E-state index contributed by atoms with van der Waals surface area (Å²) in [6.45, 7) is -0.639. The van der Waals surface area contributed by atoms with Crippen molar-refractivity contribution in [3.63, 3.8) is 0 Å². The normalized spacial score (nSPS) is 44.8. The number of aliphatic hydroxyl groups excluding tert-OH is 7. The summed E-state index contributed by atoms with van der Waals surface area (Å²) in [5, 5.41) is 77.6. The van der Waals surface area contributed by atoms with E-state index in [-0.39, 0.29) is 26.1 Å². The fraction of sp³-hybridized carbons (Fsp3) is 0.812. The van der Waals surface area contributed by atoms with Gasteiger partial charge in [0.05, 0.1) is 30.4 Å². The van der Waals surface area contributed by atoms with E-state index in [1.165, 1.54) is 12.1 Å². The van der Waals surface area contributed by atoms with Gasteiger partial charge >= 0.3 is 6.18 Å². The SMILES string of the molecule is NCC1O[C@H](O[C@H]2[C@@H](O)[C@H](O[C@@H]3[C@@H](O)[C@H](N)C[C@H](N)[C@H]3O[C@H]3O[C@H](CNCCc4ccc(C(F)(F)F)cc4)[C@@H](O)[C@H](O)[C@H]3N)O[C@@H]2CO)[C@H](N)[C@@H](O)[C@@H]1O. The molecule has 4 aliphatic rings. The van der Waals surface area contributed by atoms with Crippen LogP contribution in [0.5, 0.6) is 0 Å². The van der Waals surface area contributed by atoms with Crippen molar-refractivity contribution in [3.8, 4) is 0 Å². The highest BCUT2D eigenvalue weighted by atomic mass is 19.4. The number of halogens is 3. The molecule has 3 saturated heterocycles. The molecule has 3 aliphatic heterocycles. The van der Waals surface area contributed by atoms with Crippen molar-refractivity contribution in [2.45, 2.75) is 135 Å². The van der Waals surface area contributed by atoms with Gasteiger partial charge in [0.1, 0.15) is 67.1 Å². The number of nitrogens with one attached hydrogen (secondary N) is 1. The zero-order chi connectivity index (χ0) is 39.6. The van der Waals surface area contributed by atoms with E-state index in [4.69, 9.17) is 57.1 Å². The number of rotatable bonds is 13. The highest BCUT2D eigenvalue weighted by Gasteiger charge is 2.54. The van der Waals surface area contributed by atoms with Gasteiger partial charge in [-0.2, -0.15) is 13.2 Å². The summed E-state index contributed by atoms with van der Waals surface area (Å²) in [6, 6.07) is 0.213. The van der Waals surface area contributed by atoms with Crippen LogP contribution >= 0.6 is 0 Å². The predicted octanol–water partition coefficient (Wildman–Crippen LogP) is -6.00. The molecule has 19 nitrogen and oxygen atoms in total. The maximum Gasteiger partial charge on any atom is 0.416 e. The molecule has 0 radical (unpaired) electrons. The van der Waals surface area contributed by atoms with E-state index in [0.29, 0.717) is 12.0 Å². The Balaban J connectivity index is 1.23. The second-order valence-corrected chi connectivity index (χ2v) is 14.2. The van der Waals surface area contributed by atoms with E-state index in [9.17, 15) is 48.9 Å². The largest absolute Gasteiger partial charge is 0.416 e. The molecule has 18 N–H and O–H groups in total. The second-order valence-electron chi connectivity index (χ2n) is 14.2. The quantitative estimate of drug-likeness (QED) is 0.0828. The van der Waals surface area contributed by atoms with Crippen molar-refractivity contribution in [1.29, 1.82) is 0 Å². The summed E-state index contributed by atoms with van der Waals surface area (Å²) in [5.74, 6) is 0. The molecule has 1 aromatic carbocycles. The third-order valence-corrected chi connectivity index (χ3v) is 10.4. The topological polar surface area (TPSA) is 339 Å². The molecule has 0 aromatic heterocycles. The van der Waals surface area contributed by atoms with Gasteiger partial charge in [-0.15, -0.1) is 0 Å². The third kappa shape index (κ3) is 9.50. The Morgan fingerprint density at radius 3 is 1.78 bits per heavy atom. The Bertz CT molecular complexity index is 1330. The number of benzene rings is 1. The minimum atomic E-state index is -4.46. The number of hydrogen-bond acceptors (Lipinski definition) is 19. The zero-order valence-electron chi connectivity index (χ0n) is 29.1. The van der Waals surface area contributed by atoms with E-state index in [1.807, 2.05) is 0 Å². The van der Waals surface area contributed by atoms with Gasteiger partial charge in [-0.05, 0) is 37.1 Å². The maximum absolute atomic E-state index is 12.9. The van der Waals surface area contributed by atoms with E-state index in [2.05, 4.69) is 5.32 Å². The van der Waals surface area contributed by atoms with E-state index in [1.54, 1.807) is 0 Å². The van der Waals surface area contributed by atoms with Crippen LogP contribution in [-0.4, -0.2) is 178 Å². The molecule has 1 saturated carbocycles. The van der Waals surface area contributed by atoms with E-state index < -0.39 is 135 Å². The van der Waals surface area contributed by atoms with Crippen LogP contribution in [0.25, 0.3) is 0 Å². The van der Waals surface area contributed by atoms with Gasteiger partial charge in [0.25, 0.3) is 0 Å². The van der Waals surface area contributed by atoms with Crippen molar-refractivity contribution in [2.75, 3.05) is 26.2 Å². The first kappa shape index (κ1) is 43.4. The van der Waals surface area contributed by atoms with Gasteiger partial charge < -0.3 is 98.2 Å². The Labute approximate surface area is 308 Å². The Hall–Kier alpha value is -1.75.